The first-order valence-electron chi connectivity index (χ1n) is 12.3. The van der Waals surface area contributed by atoms with Gasteiger partial charge in [-0.15, -0.1) is 0 Å². The summed E-state index contributed by atoms with van der Waals surface area (Å²) in [6.07, 6.45) is 0.170. The van der Waals surface area contributed by atoms with Crippen molar-refractivity contribution in [2.24, 2.45) is 0 Å². The molecule has 0 aliphatic heterocycles. The van der Waals surface area contributed by atoms with Gasteiger partial charge in [0.25, 0.3) is 5.91 Å². The summed E-state index contributed by atoms with van der Waals surface area (Å²) >= 11 is 0. The molecule has 0 saturated heterocycles. The molecule has 0 fully saturated rings. The van der Waals surface area contributed by atoms with Gasteiger partial charge < -0.3 is 26.6 Å². The van der Waals surface area contributed by atoms with Crippen molar-refractivity contribution >= 4 is 18.0 Å². The van der Waals surface area contributed by atoms with E-state index >= 15 is 0 Å². The molecule has 9 heteroatoms. The molecule has 0 aliphatic carbocycles. The summed E-state index contributed by atoms with van der Waals surface area (Å²) in [7, 11) is 0. The quantitative estimate of drug-likeness (QED) is 0.283. The molecule has 0 radical (unpaired) electrons. The Morgan fingerprint density at radius 2 is 1.63 bits per heavy atom. The Kier molecular flexibility index (Phi) is 11.9. The van der Waals surface area contributed by atoms with Gasteiger partial charge in [-0.25, -0.2) is 4.39 Å². The molecule has 1 heterocycles. The molecule has 3 rings (SSSR count). The molecule has 0 saturated carbocycles. The number of nitrogens with one attached hydrogen (secondary N) is 1. The van der Waals surface area contributed by atoms with Crippen LogP contribution in [-0.4, -0.2) is 50.5 Å². The van der Waals surface area contributed by atoms with E-state index in [4.69, 9.17) is 5.11 Å². The number of aliphatic carboxylic acids is 1. The standard InChI is InChI=1S/C29H33FN2O5.Na.H/c1-4-31-29(37)28-27(19-8-6-5-7-9-19)26(20-10-12-21(30)13-11-20)24(32(28)18(2)3)15-14-22(33)16-23(34)17-25(35)36;;/h5-15,18,22-23,33-34H,4,16-17H2,1-3H3,(H,31,37)(H,35,36);;/q;+1;-1/t22-,23-;;/m1../s1. The van der Waals surface area contributed by atoms with Crippen molar-refractivity contribution in [1.82, 2.24) is 9.88 Å². The maximum Gasteiger partial charge on any atom is 1.00 e. The Morgan fingerprint density at radius 1 is 1.03 bits per heavy atom. The minimum atomic E-state index is -1.21. The number of benzene rings is 2. The number of aliphatic hydroxyl groups excluding tert-OH is 2. The zero-order chi connectivity index (χ0) is 27.1. The van der Waals surface area contributed by atoms with Crippen molar-refractivity contribution in [3.8, 4) is 22.3 Å². The van der Waals surface area contributed by atoms with E-state index in [9.17, 15) is 24.2 Å². The molecule has 2 aromatic carbocycles. The monoisotopic (exact) mass is 532 g/mol. The van der Waals surface area contributed by atoms with Gasteiger partial charge in [0.15, 0.2) is 0 Å². The van der Waals surface area contributed by atoms with Gasteiger partial charge in [-0.05, 0) is 50.1 Å². The molecule has 0 bridgehead atoms. The molecular formula is C29H34FN2NaO5. The van der Waals surface area contributed by atoms with Gasteiger partial charge in [0.1, 0.15) is 11.5 Å². The maximum atomic E-state index is 13.9. The largest absolute Gasteiger partial charge is 1.00 e. The Hall–Kier alpha value is -2.75. The third-order valence-corrected chi connectivity index (χ3v) is 5.91. The predicted molar refractivity (Wildman–Crippen MR) is 143 cm³/mol. The minimum Gasteiger partial charge on any atom is -1.00 e. The normalized spacial score (nSPS) is 12.8. The number of aliphatic hydroxyl groups is 2. The molecule has 0 aliphatic rings. The molecule has 0 unspecified atom stereocenters. The van der Waals surface area contributed by atoms with Crippen molar-refractivity contribution in [3.05, 3.63) is 77.9 Å². The number of carboxylic acid groups (broad SMARTS) is 1. The average molecular weight is 533 g/mol. The van der Waals surface area contributed by atoms with Crippen molar-refractivity contribution in [2.75, 3.05) is 6.54 Å². The van der Waals surface area contributed by atoms with Crippen LogP contribution in [0.5, 0.6) is 0 Å². The summed E-state index contributed by atoms with van der Waals surface area (Å²) in [6.45, 7) is 6.14. The minimum absolute atomic E-state index is 0. The number of hydrogen-bond donors (Lipinski definition) is 4. The van der Waals surface area contributed by atoms with Crippen molar-refractivity contribution in [3.63, 3.8) is 0 Å². The van der Waals surface area contributed by atoms with Gasteiger partial charge in [-0.1, -0.05) is 48.5 Å². The Bertz CT molecular complexity index is 1260. The summed E-state index contributed by atoms with van der Waals surface area (Å²) in [4.78, 5) is 24.3. The number of rotatable bonds is 11. The third kappa shape index (κ3) is 7.65. The molecular weight excluding hydrogens is 498 g/mol. The number of aromatic nitrogens is 1. The Balaban J connectivity index is 0.00000380. The van der Waals surface area contributed by atoms with E-state index in [-0.39, 0.29) is 49.4 Å². The smallest absolute Gasteiger partial charge is 1.00 e. The molecule has 2 atom stereocenters. The number of hydrogen-bond acceptors (Lipinski definition) is 4. The van der Waals surface area contributed by atoms with Crippen molar-refractivity contribution in [2.45, 2.75) is 51.9 Å². The van der Waals surface area contributed by atoms with E-state index in [2.05, 4.69) is 5.32 Å². The summed E-state index contributed by atoms with van der Waals surface area (Å²) < 4.78 is 15.7. The summed E-state index contributed by atoms with van der Waals surface area (Å²) in [6, 6.07) is 15.3. The van der Waals surface area contributed by atoms with E-state index < -0.39 is 30.4 Å². The van der Waals surface area contributed by atoms with Gasteiger partial charge in [-0.2, -0.15) is 0 Å². The fraction of sp³-hybridized carbons (Fsp3) is 0.310. The number of halogens is 1. The van der Waals surface area contributed by atoms with Crippen LogP contribution >= 0.6 is 0 Å². The third-order valence-electron chi connectivity index (χ3n) is 5.91. The SMILES string of the molecule is CCNC(=O)c1c(-c2ccccc2)c(-c2ccc(F)cc2)c(C=C[C@@H](O)C[C@@H](O)CC(=O)O)n1C(C)C.[H-].[Na+]. The van der Waals surface area contributed by atoms with Crippen LogP contribution in [0.25, 0.3) is 28.3 Å². The number of amides is 1. The molecule has 4 N–H and O–H groups in total. The van der Waals surface area contributed by atoms with Crippen LogP contribution in [0.4, 0.5) is 4.39 Å². The summed E-state index contributed by atoms with van der Waals surface area (Å²) in [5, 5.41) is 32.3. The summed E-state index contributed by atoms with van der Waals surface area (Å²) in [5.74, 6) is -1.82. The second-order valence-corrected chi connectivity index (χ2v) is 9.09. The first kappa shape index (κ1) is 31.5. The number of nitrogens with zero attached hydrogens (tertiary/aromatic N) is 1. The van der Waals surface area contributed by atoms with Gasteiger partial charge in [0.2, 0.25) is 0 Å². The maximum absolute atomic E-state index is 13.9. The van der Waals surface area contributed by atoms with Crippen molar-refractivity contribution < 1.29 is 60.3 Å². The van der Waals surface area contributed by atoms with E-state index in [1.54, 1.807) is 18.2 Å². The van der Waals surface area contributed by atoms with Crippen LogP contribution in [0.1, 0.15) is 57.3 Å². The first-order valence-corrected chi connectivity index (χ1v) is 12.3. The van der Waals surface area contributed by atoms with Gasteiger partial charge >= 0.3 is 35.5 Å². The van der Waals surface area contributed by atoms with Crippen LogP contribution in [0, 0.1) is 5.82 Å². The molecule has 1 aromatic heterocycles. The average Bonchev–Trinajstić information content (AvgIpc) is 3.19. The zero-order valence-corrected chi connectivity index (χ0v) is 24.2. The molecule has 7 nitrogen and oxygen atoms in total. The molecule has 0 spiro atoms. The topological polar surface area (TPSA) is 112 Å². The first-order chi connectivity index (χ1) is 17.6. The second-order valence-electron chi connectivity index (χ2n) is 9.09. The number of carbonyl (C=O) groups excluding carboxylic acids is 1. The van der Waals surface area contributed by atoms with Gasteiger partial charge in [0, 0.05) is 35.8 Å². The Morgan fingerprint density at radius 3 is 2.18 bits per heavy atom. The van der Waals surface area contributed by atoms with E-state index in [0.29, 0.717) is 34.6 Å². The molecule has 198 valence electrons. The van der Waals surface area contributed by atoms with E-state index in [1.807, 2.05) is 55.7 Å². The second kappa shape index (κ2) is 14.4. The van der Waals surface area contributed by atoms with Crippen LogP contribution in [0.3, 0.4) is 0 Å². The van der Waals surface area contributed by atoms with E-state index in [1.165, 1.54) is 18.2 Å². The van der Waals surface area contributed by atoms with Crippen LogP contribution in [-0.2, 0) is 4.79 Å². The zero-order valence-electron chi connectivity index (χ0n) is 23.2. The number of carbonyl (C=O) groups is 2. The fourth-order valence-electron chi connectivity index (χ4n) is 4.41. The summed E-state index contributed by atoms with van der Waals surface area (Å²) in [5.41, 5.74) is 3.90. The Labute approximate surface area is 245 Å². The molecule has 3 aromatic rings. The molecule has 38 heavy (non-hydrogen) atoms. The fourth-order valence-corrected chi connectivity index (χ4v) is 4.41. The van der Waals surface area contributed by atoms with Gasteiger partial charge in [0.05, 0.1) is 18.6 Å². The van der Waals surface area contributed by atoms with Crippen LogP contribution in [0.2, 0.25) is 0 Å². The van der Waals surface area contributed by atoms with Crippen LogP contribution < -0.4 is 34.9 Å². The molecule has 1 amide bonds. The van der Waals surface area contributed by atoms with Crippen molar-refractivity contribution in [1.29, 1.82) is 0 Å². The van der Waals surface area contributed by atoms with Crippen LogP contribution in [0.15, 0.2) is 60.7 Å². The number of carboxylic acids is 1. The predicted octanol–water partition coefficient (Wildman–Crippen LogP) is 2.01. The van der Waals surface area contributed by atoms with E-state index in [0.717, 1.165) is 5.56 Å². The van der Waals surface area contributed by atoms with Gasteiger partial charge in [-0.3, -0.25) is 9.59 Å².